The van der Waals surface area contributed by atoms with Crippen LogP contribution in [0.25, 0.3) is 0 Å². The lowest BCUT2D eigenvalue weighted by Gasteiger charge is -2.26. The highest BCUT2D eigenvalue weighted by Crippen LogP contribution is 2.31. The number of benzene rings is 1. The molecule has 92 valence electrons. The number of ether oxygens (including phenoxy) is 1. The van der Waals surface area contributed by atoms with Gasteiger partial charge in [-0.3, -0.25) is 4.99 Å². The number of nitrogens with two attached hydrogens (primary N) is 1. The van der Waals surface area contributed by atoms with E-state index in [1.807, 2.05) is 25.1 Å². The van der Waals surface area contributed by atoms with Crippen LogP contribution in [0.3, 0.4) is 0 Å². The molecule has 0 saturated heterocycles. The van der Waals surface area contributed by atoms with Gasteiger partial charge in [0, 0.05) is 18.3 Å². The summed E-state index contributed by atoms with van der Waals surface area (Å²) in [5, 5.41) is 3.30. The van der Waals surface area contributed by atoms with E-state index in [-0.39, 0.29) is 6.10 Å². The van der Waals surface area contributed by atoms with Gasteiger partial charge in [-0.15, -0.1) is 0 Å². The minimum Gasteiger partial charge on any atom is -0.481 e. The van der Waals surface area contributed by atoms with Crippen molar-refractivity contribution in [1.82, 2.24) is 0 Å². The fraction of sp³-hybridized carbons (Fsp3) is 0.462. The number of hydrogen-bond donors (Lipinski definition) is 2. The van der Waals surface area contributed by atoms with Crippen LogP contribution in [-0.2, 0) is 0 Å². The Balaban J connectivity index is 2.15. The van der Waals surface area contributed by atoms with Gasteiger partial charge in [0.05, 0.1) is 5.69 Å². The first-order chi connectivity index (χ1) is 8.20. The largest absolute Gasteiger partial charge is 0.481 e. The molecule has 4 heteroatoms. The molecule has 0 radical (unpaired) electrons. The number of rotatable bonds is 3. The quantitative estimate of drug-likeness (QED) is 0.623. The van der Waals surface area contributed by atoms with Gasteiger partial charge in [-0.25, -0.2) is 0 Å². The summed E-state index contributed by atoms with van der Waals surface area (Å²) in [7, 11) is 0. The normalized spacial score (nSPS) is 20.6. The molecule has 2 rings (SSSR count). The molecule has 0 bridgehead atoms. The average molecular weight is 233 g/mol. The van der Waals surface area contributed by atoms with Crippen LogP contribution in [0, 0.1) is 0 Å². The molecule has 1 heterocycles. The Labute approximate surface area is 102 Å². The predicted octanol–water partition coefficient (Wildman–Crippen LogP) is 2.66. The van der Waals surface area contributed by atoms with Crippen molar-refractivity contribution >= 4 is 17.2 Å². The Bertz CT molecular complexity index is 429. The first-order valence-electron chi connectivity index (χ1n) is 6.08. The second-order valence-corrected chi connectivity index (χ2v) is 4.26. The Hall–Kier alpha value is -1.71. The van der Waals surface area contributed by atoms with Crippen LogP contribution in [0.2, 0.25) is 0 Å². The molecule has 0 fully saturated rings. The van der Waals surface area contributed by atoms with Gasteiger partial charge in [0.2, 0.25) is 0 Å². The topological polar surface area (TPSA) is 59.6 Å². The molecule has 1 unspecified atom stereocenters. The summed E-state index contributed by atoms with van der Waals surface area (Å²) in [4.78, 5) is 4.52. The number of unbranched alkanes of at least 4 members (excludes halogenated alkanes) is 1. The lowest BCUT2D eigenvalue weighted by Crippen LogP contribution is -2.35. The van der Waals surface area contributed by atoms with Crippen molar-refractivity contribution in [3.63, 3.8) is 0 Å². The van der Waals surface area contributed by atoms with Crippen molar-refractivity contribution in [1.29, 1.82) is 0 Å². The highest BCUT2D eigenvalue weighted by molar-refractivity contribution is 6.01. The van der Waals surface area contributed by atoms with E-state index in [0.717, 1.165) is 36.7 Å². The summed E-state index contributed by atoms with van der Waals surface area (Å²) in [6.45, 7) is 4.99. The van der Waals surface area contributed by atoms with Crippen LogP contribution in [0.4, 0.5) is 11.4 Å². The van der Waals surface area contributed by atoms with Gasteiger partial charge in [-0.2, -0.15) is 0 Å². The number of anilines is 2. The van der Waals surface area contributed by atoms with Crippen LogP contribution in [-0.4, -0.2) is 18.5 Å². The number of nitrogen functional groups attached to an aromatic ring is 1. The van der Waals surface area contributed by atoms with Crippen molar-refractivity contribution in [2.75, 3.05) is 17.6 Å². The van der Waals surface area contributed by atoms with E-state index in [9.17, 15) is 0 Å². The molecule has 1 aliphatic heterocycles. The zero-order valence-corrected chi connectivity index (χ0v) is 10.4. The first-order valence-corrected chi connectivity index (χ1v) is 6.08. The van der Waals surface area contributed by atoms with Crippen LogP contribution >= 0.6 is 0 Å². The minimum atomic E-state index is -0.0406. The van der Waals surface area contributed by atoms with Crippen molar-refractivity contribution in [3.8, 4) is 5.75 Å². The Morgan fingerprint density at radius 1 is 1.47 bits per heavy atom. The Morgan fingerprint density at radius 2 is 2.29 bits per heavy atom. The Kier molecular flexibility index (Phi) is 3.52. The van der Waals surface area contributed by atoms with Crippen molar-refractivity contribution in [2.45, 2.75) is 32.8 Å². The third-order valence-corrected chi connectivity index (χ3v) is 2.75. The van der Waals surface area contributed by atoms with E-state index in [1.54, 1.807) is 0 Å². The number of hydrogen-bond acceptors (Lipinski definition) is 3. The van der Waals surface area contributed by atoms with Crippen molar-refractivity contribution in [3.05, 3.63) is 18.2 Å². The second-order valence-electron chi connectivity index (χ2n) is 4.26. The molecular formula is C13H19N3O. The van der Waals surface area contributed by atoms with Gasteiger partial charge in [0.15, 0.2) is 6.10 Å². The minimum absolute atomic E-state index is 0.0406. The zero-order chi connectivity index (χ0) is 12.3. The van der Waals surface area contributed by atoms with E-state index in [0.29, 0.717) is 5.69 Å². The highest BCUT2D eigenvalue weighted by atomic mass is 16.5. The van der Waals surface area contributed by atoms with Gasteiger partial charge in [0.25, 0.3) is 0 Å². The summed E-state index contributed by atoms with van der Waals surface area (Å²) in [6, 6.07) is 5.61. The average Bonchev–Trinajstić information content (AvgIpc) is 2.30. The fourth-order valence-electron chi connectivity index (χ4n) is 1.75. The molecule has 4 nitrogen and oxygen atoms in total. The van der Waals surface area contributed by atoms with Crippen molar-refractivity contribution < 1.29 is 4.74 Å². The molecular weight excluding hydrogens is 214 g/mol. The van der Waals surface area contributed by atoms with Crippen LogP contribution in [0.5, 0.6) is 5.75 Å². The maximum atomic E-state index is 5.78. The molecule has 1 atom stereocenters. The third kappa shape index (κ3) is 2.70. The van der Waals surface area contributed by atoms with Gasteiger partial charge < -0.3 is 15.8 Å². The van der Waals surface area contributed by atoms with Gasteiger partial charge in [-0.1, -0.05) is 13.3 Å². The second kappa shape index (κ2) is 5.08. The molecule has 1 aromatic rings. The van der Waals surface area contributed by atoms with E-state index in [1.165, 1.54) is 0 Å². The number of nitrogens with zero attached hydrogens (tertiary/aromatic N) is 1. The number of amidine groups is 1. The van der Waals surface area contributed by atoms with E-state index >= 15 is 0 Å². The fourth-order valence-corrected chi connectivity index (χ4v) is 1.75. The predicted molar refractivity (Wildman–Crippen MR) is 71.8 cm³/mol. The van der Waals surface area contributed by atoms with Crippen LogP contribution in [0.1, 0.15) is 26.7 Å². The number of aliphatic imine (C=N–C) groups is 1. The molecule has 0 saturated carbocycles. The first kappa shape index (κ1) is 11.8. The maximum Gasteiger partial charge on any atom is 0.153 e. The molecule has 1 aromatic carbocycles. The molecule has 0 amide bonds. The van der Waals surface area contributed by atoms with Crippen molar-refractivity contribution in [2.24, 2.45) is 4.99 Å². The number of nitrogens with one attached hydrogen (secondary N) is 1. The monoisotopic (exact) mass is 233 g/mol. The number of fused-ring (bicyclic) bond motifs is 1. The van der Waals surface area contributed by atoms with E-state index < -0.39 is 0 Å². The van der Waals surface area contributed by atoms with Gasteiger partial charge >= 0.3 is 0 Å². The van der Waals surface area contributed by atoms with E-state index in [4.69, 9.17) is 10.5 Å². The molecule has 0 aromatic heterocycles. The summed E-state index contributed by atoms with van der Waals surface area (Å²) < 4.78 is 5.78. The van der Waals surface area contributed by atoms with Gasteiger partial charge in [0.1, 0.15) is 11.6 Å². The van der Waals surface area contributed by atoms with E-state index in [2.05, 4.69) is 17.2 Å². The van der Waals surface area contributed by atoms with Gasteiger partial charge in [-0.05, 0) is 25.5 Å². The molecule has 17 heavy (non-hydrogen) atoms. The summed E-state index contributed by atoms with van der Waals surface area (Å²) in [6.07, 6.45) is 2.21. The standard InChI is InChI=1S/C13H19N3O/c1-3-4-7-15-13-9(2)17-12-8-10(14)5-6-11(12)16-13/h5-6,8-9H,3-4,7,14H2,1-2H3,(H,15,16). The SMILES string of the molecule is CCCCN=C1Nc2ccc(N)cc2OC1C. The van der Waals surface area contributed by atoms with Crippen LogP contribution in [0.15, 0.2) is 23.2 Å². The lowest BCUT2D eigenvalue weighted by molar-refractivity contribution is 0.282. The molecule has 0 spiro atoms. The maximum absolute atomic E-state index is 5.78. The highest BCUT2D eigenvalue weighted by Gasteiger charge is 2.21. The molecule has 1 aliphatic rings. The smallest absolute Gasteiger partial charge is 0.153 e. The van der Waals surface area contributed by atoms with Crippen LogP contribution < -0.4 is 15.8 Å². The summed E-state index contributed by atoms with van der Waals surface area (Å²) >= 11 is 0. The summed E-state index contributed by atoms with van der Waals surface area (Å²) in [5.74, 6) is 1.70. The lowest BCUT2D eigenvalue weighted by atomic mass is 10.2. The summed E-state index contributed by atoms with van der Waals surface area (Å²) in [5.41, 5.74) is 7.37. The molecule has 0 aliphatic carbocycles. The third-order valence-electron chi connectivity index (χ3n) is 2.75. The molecule has 3 N–H and O–H groups in total. The Morgan fingerprint density at radius 3 is 3.06 bits per heavy atom. The zero-order valence-electron chi connectivity index (χ0n) is 10.4.